The van der Waals surface area contributed by atoms with Gasteiger partial charge in [0.25, 0.3) is 0 Å². The van der Waals surface area contributed by atoms with Crippen LogP contribution in [0.3, 0.4) is 0 Å². The summed E-state index contributed by atoms with van der Waals surface area (Å²) < 4.78 is 16.4. The highest BCUT2D eigenvalue weighted by Gasteiger charge is 2.28. The van der Waals surface area contributed by atoms with Gasteiger partial charge in [-0.3, -0.25) is 24.0 Å². The topological polar surface area (TPSA) is 154 Å². The monoisotopic (exact) mass is 572 g/mol. The molecule has 2 unspecified atom stereocenters. The first kappa shape index (κ1) is 37.4. The van der Waals surface area contributed by atoms with E-state index in [1.54, 1.807) is 0 Å². The van der Waals surface area contributed by atoms with E-state index in [9.17, 15) is 24.0 Å². The van der Waals surface area contributed by atoms with Crippen molar-refractivity contribution in [3.05, 3.63) is 0 Å². The predicted molar refractivity (Wildman–Crippen MR) is 150 cm³/mol. The van der Waals surface area contributed by atoms with E-state index in [1.165, 1.54) is 0 Å². The van der Waals surface area contributed by atoms with Gasteiger partial charge in [0, 0.05) is 6.42 Å². The number of hydrogen-bond donors (Lipinski definition) is 2. The molecule has 0 aliphatic carbocycles. The van der Waals surface area contributed by atoms with Crippen LogP contribution in [0.25, 0.3) is 0 Å². The highest BCUT2D eigenvalue weighted by atomic mass is 16.6. The molecule has 0 aliphatic heterocycles. The number of rotatable bonds is 27. The van der Waals surface area contributed by atoms with Crippen molar-refractivity contribution in [1.82, 2.24) is 0 Å². The van der Waals surface area contributed by atoms with Crippen molar-refractivity contribution in [2.45, 2.75) is 154 Å². The lowest BCUT2D eigenvalue weighted by molar-refractivity contribution is -0.170. The van der Waals surface area contributed by atoms with Crippen molar-refractivity contribution in [3.63, 3.8) is 0 Å². The fraction of sp³-hybridized carbons (Fsp3) is 0.833. The van der Waals surface area contributed by atoms with Gasteiger partial charge in [0.05, 0.1) is 32.3 Å². The SMILES string of the molecule is CCCCCCCCC(OC(=O)CCC(=O)O)C(CCCCCCCC(=O)OCCCC)OC(=O)CCC(=O)O. The van der Waals surface area contributed by atoms with E-state index in [2.05, 4.69) is 6.92 Å². The van der Waals surface area contributed by atoms with Crippen LogP contribution in [0.2, 0.25) is 0 Å². The maximum absolute atomic E-state index is 12.4. The first-order chi connectivity index (χ1) is 19.2. The van der Waals surface area contributed by atoms with Gasteiger partial charge in [-0.15, -0.1) is 0 Å². The number of carbonyl (C=O) groups excluding carboxylic acids is 3. The lowest BCUT2D eigenvalue weighted by atomic mass is 9.99. The fourth-order valence-electron chi connectivity index (χ4n) is 4.19. The standard InChI is InChI=1S/C30H52O10/c1-3-5-7-8-10-13-16-24(39-29(36)21-19-26(31)32)25(40-30(37)22-20-27(33)34)17-14-11-9-12-15-18-28(35)38-23-6-4-2/h24-25H,3-23H2,1-2H3,(H,31,32)(H,33,34). The number of ether oxygens (including phenoxy) is 3. The molecule has 0 bridgehead atoms. The summed E-state index contributed by atoms with van der Waals surface area (Å²) in [6, 6.07) is 0. The van der Waals surface area contributed by atoms with Crippen molar-refractivity contribution in [2.75, 3.05) is 6.61 Å². The van der Waals surface area contributed by atoms with Gasteiger partial charge in [0.2, 0.25) is 0 Å². The Bertz CT molecular complexity index is 721. The number of unbranched alkanes of at least 4 members (excludes halogenated alkanes) is 10. The second-order valence-corrected chi connectivity index (χ2v) is 10.3. The summed E-state index contributed by atoms with van der Waals surface area (Å²) in [7, 11) is 0. The van der Waals surface area contributed by atoms with Gasteiger partial charge in [-0.05, 0) is 38.5 Å². The number of hydrogen-bond acceptors (Lipinski definition) is 8. The second kappa shape index (κ2) is 25.3. The summed E-state index contributed by atoms with van der Waals surface area (Å²) in [5.41, 5.74) is 0. The van der Waals surface area contributed by atoms with Crippen LogP contribution in [0, 0.1) is 0 Å². The zero-order valence-corrected chi connectivity index (χ0v) is 24.7. The van der Waals surface area contributed by atoms with Crippen LogP contribution in [-0.4, -0.2) is 58.9 Å². The largest absolute Gasteiger partial charge is 0.481 e. The van der Waals surface area contributed by atoms with Crippen LogP contribution in [0.5, 0.6) is 0 Å². The van der Waals surface area contributed by atoms with Crippen molar-refractivity contribution in [2.24, 2.45) is 0 Å². The molecule has 10 nitrogen and oxygen atoms in total. The minimum absolute atomic E-state index is 0.177. The molecule has 0 aliphatic rings. The van der Waals surface area contributed by atoms with E-state index >= 15 is 0 Å². The van der Waals surface area contributed by atoms with E-state index < -0.39 is 36.1 Å². The summed E-state index contributed by atoms with van der Waals surface area (Å²) in [5.74, 6) is -3.70. The summed E-state index contributed by atoms with van der Waals surface area (Å²) in [6.45, 7) is 4.64. The van der Waals surface area contributed by atoms with Gasteiger partial charge in [-0.2, -0.15) is 0 Å². The smallest absolute Gasteiger partial charge is 0.306 e. The Hall–Kier alpha value is -2.65. The fourth-order valence-corrected chi connectivity index (χ4v) is 4.19. The van der Waals surface area contributed by atoms with Gasteiger partial charge in [0.1, 0.15) is 12.2 Å². The minimum Gasteiger partial charge on any atom is -0.481 e. The van der Waals surface area contributed by atoms with Crippen molar-refractivity contribution < 1.29 is 48.4 Å². The number of carboxylic acids is 2. The molecule has 40 heavy (non-hydrogen) atoms. The number of carbonyl (C=O) groups is 5. The lowest BCUT2D eigenvalue weighted by Gasteiger charge is -2.27. The Morgan fingerprint density at radius 1 is 0.500 bits per heavy atom. The van der Waals surface area contributed by atoms with Crippen LogP contribution in [0.4, 0.5) is 0 Å². The van der Waals surface area contributed by atoms with Gasteiger partial charge in [-0.25, -0.2) is 0 Å². The molecule has 0 aromatic carbocycles. The molecule has 0 aromatic heterocycles. The van der Waals surface area contributed by atoms with Gasteiger partial charge in [0.15, 0.2) is 0 Å². The van der Waals surface area contributed by atoms with Crippen LogP contribution >= 0.6 is 0 Å². The Morgan fingerprint density at radius 2 is 0.925 bits per heavy atom. The summed E-state index contributed by atoms with van der Waals surface area (Å²) in [6.07, 6.45) is 10.5. The minimum atomic E-state index is -1.11. The molecule has 2 N–H and O–H groups in total. The maximum atomic E-state index is 12.4. The summed E-state index contributed by atoms with van der Waals surface area (Å²) in [5, 5.41) is 17.8. The first-order valence-electron chi connectivity index (χ1n) is 15.2. The molecule has 0 heterocycles. The average molecular weight is 573 g/mol. The molecule has 0 saturated carbocycles. The van der Waals surface area contributed by atoms with Crippen LogP contribution in [0.15, 0.2) is 0 Å². The molecule has 10 heteroatoms. The third-order valence-electron chi connectivity index (χ3n) is 6.54. The third kappa shape index (κ3) is 23.3. The molecule has 2 atom stereocenters. The summed E-state index contributed by atoms with van der Waals surface area (Å²) >= 11 is 0. The summed E-state index contributed by atoms with van der Waals surface area (Å²) in [4.78, 5) is 58.3. The molecule has 0 fully saturated rings. The molecule has 0 amide bonds. The maximum Gasteiger partial charge on any atom is 0.306 e. The zero-order chi connectivity index (χ0) is 30.0. The molecule has 0 aromatic rings. The van der Waals surface area contributed by atoms with Gasteiger partial charge >= 0.3 is 29.8 Å². The molecule has 0 spiro atoms. The normalized spacial score (nSPS) is 12.3. The molecular weight excluding hydrogens is 520 g/mol. The van der Waals surface area contributed by atoms with E-state index in [0.717, 1.165) is 77.0 Å². The van der Waals surface area contributed by atoms with Crippen molar-refractivity contribution >= 4 is 29.8 Å². The van der Waals surface area contributed by atoms with Gasteiger partial charge < -0.3 is 24.4 Å². The Balaban J connectivity index is 5.01. The van der Waals surface area contributed by atoms with E-state index in [4.69, 9.17) is 24.4 Å². The third-order valence-corrected chi connectivity index (χ3v) is 6.54. The zero-order valence-electron chi connectivity index (χ0n) is 24.7. The number of esters is 3. The molecule has 232 valence electrons. The lowest BCUT2D eigenvalue weighted by Crippen LogP contribution is -2.35. The van der Waals surface area contributed by atoms with E-state index in [-0.39, 0.29) is 31.7 Å². The molecular formula is C30H52O10. The van der Waals surface area contributed by atoms with Crippen LogP contribution in [-0.2, 0) is 38.2 Å². The average Bonchev–Trinajstić information content (AvgIpc) is 2.90. The molecule has 0 rings (SSSR count). The predicted octanol–water partition coefficient (Wildman–Crippen LogP) is 6.36. The quantitative estimate of drug-likeness (QED) is 0.0645. The molecule has 0 saturated heterocycles. The van der Waals surface area contributed by atoms with Crippen molar-refractivity contribution in [3.8, 4) is 0 Å². The number of aliphatic carboxylic acids is 2. The van der Waals surface area contributed by atoms with E-state index in [1.807, 2.05) is 6.92 Å². The highest BCUT2D eigenvalue weighted by Crippen LogP contribution is 2.22. The Morgan fingerprint density at radius 3 is 1.38 bits per heavy atom. The Kier molecular flexibility index (Phi) is 23.6. The van der Waals surface area contributed by atoms with Crippen molar-refractivity contribution in [1.29, 1.82) is 0 Å². The molecule has 0 radical (unpaired) electrons. The highest BCUT2D eigenvalue weighted by molar-refractivity contribution is 5.77. The van der Waals surface area contributed by atoms with Gasteiger partial charge in [-0.1, -0.05) is 71.6 Å². The first-order valence-corrected chi connectivity index (χ1v) is 15.2. The van der Waals surface area contributed by atoms with Crippen LogP contribution < -0.4 is 0 Å². The number of carboxylic acid groups (broad SMARTS) is 2. The van der Waals surface area contributed by atoms with Crippen LogP contribution in [0.1, 0.15) is 142 Å². The Labute approximate surface area is 239 Å². The van der Waals surface area contributed by atoms with E-state index in [0.29, 0.717) is 32.3 Å². The second-order valence-electron chi connectivity index (χ2n) is 10.3.